The molecular weight excluding hydrogens is 212 g/mol. The highest BCUT2D eigenvalue weighted by atomic mass is 32.2. The maximum Gasteiger partial charge on any atom is 0.212 e. The van der Waals surface area contributed by atoms with Crippen LogP contribution in [0.2, 0.25) is 0 Å². The van der Waals surface area contributed by atoms with Crippen molar-refractivity contribution in [2.45, 2.75) is 45.1 Å². The Morgan fingerprint density at radius 3 is 2.47 bits per heavy atom. The van der Waals surface area contributed by atoms with E-state index in [-0.39, 0.29) is 5.75 Å². The van der Waals surface area contributed by atoms with Crippen molar-refractivity contribution in [1.82, 2.24) is 10.0 Å². The van der Waals surface area contributed by atoms with Gasteiger partial charge in [-0.25, -0.2) is 13.1 Å². The van der Waals surface area contributed by atoms with E-state index in [1.54, 1.807) is 6.92 Å². The summed E-state index contributed by atoms with van der Waals surface area (Å²) < 4.78 is 25.1. The SMILES string of the molecule is CCNS(=O)(=O)CCNC1CCCCC1. The van der Waals surface area contributed by atoms with E-state index in [1.165, 1.54) is 32.1 Å². The second-order valence-corrected chi connectivity index (χ2v) is 6.03. The first kappa shape index (κ1) is 12.9. The second kappa shape index (κ2) is 6.45. The molecule has 1 fully saturated rings. The van der Waals surface area contributed by atoms with Crippen molar-refractivity contribution in [3.8, 4) is 0 Å². The maximum atomic E-state index is 11.3. The topological polar surface area (TPSA) is 58.2 Å². The van der Waals surface area contributed by atoms with Gasteiger partial charge in [0.25, 0.3) is 0 Å². The van der Waals surface area contributed by atoms with Crippen molar-refractivity contribution in [3.63, 3.8) is 0 Å². The fourth-order valence-electron chi connectivity index (χ4n) is 2.00. The summed E-state index contributed by atoms with van der Waals surface area (Å²) in [7, 11) is -3.04. The van der Waals surface area contributed by atoms with Crippen LogP contribution in [-0.4, -0.2) is 33.3 Å². The zero-order chi connectivity index (χ0) is 11.1. The molecule has 90 valence electrons. The minimum absolute atomic E-state index is 0.192. The molecule has 0 aromatic heterocycles. The van der Waals surface area contributed by atoms with E-state index in [1.807, 2.05) is 0 Å². The van der Waals surface area contributed by atoms with Crippen LogP contribution in [0.25, 0.3) is 0 Å². The number of hydrogen-bond acceptors (Lipinski definition) is 3. The van der Waals surface area contributed by atoms with Crippen LogP contribution in [0.5, 0.6) is 0 Å². The third kappa shape index (κ3) is 5.49. The summed E-state index contributed by atoms with van der Waals surface area (Å²) in [6.07, 6.45) is 6.27. The first-order chi connectivity index (χ1) is 7.14. The maximum absolute atomic E-state index is 11.3. The van der Waals surface area contributed by atoms with E-state index in [4.69, 9.17) is 0 Å². The van der Waals surface area contributed by atoms with E-state index in [2.05, 4.69) is 10.0 Å². The lowest BCUT2D eigenvalue weighted by Gasteiger charge is -2.22. The van der Waals surface area contributed by atoms with Gasteiger partial charge in [0.05, 0.1) is 5.75 Å². The van der Waals surface area contributed by atoms with E-state index in [9.17, 15) is 8.42 Å². The van der Waals surface area contributed by atoms with Crippen molar-refractivity contribution in [3.05, 3.63) is 0 Å². The van der Waals surface area contributed by atoms with Gasteiger partial charge in [-0.3, -0.25) is 0 Å². The molecule has 4 nitrogen and oxygen atoms in total. The lowest BCUT2D eigenvalue weighted by atomic mass is 9.96. The summed E-state index contributed by atoms with van der Waals surface area (Å²) in [4.78, 5) is 0. The lowest BCUT2D eigenvalue weighted by molar-refractivity contribution is 0.380. The highest BCUT2D eigenvalue weighted by molar-refractivity contribution is 7.89. The van der Waals surface area contributed by atoms with Gasteiger partial charge in [-0.1, -0.05) is 26.2 Å². The van der Waals surface area contributed by atoms with Gasteiger partial charge in [-0.15, -0.1) is 0 Å². The highest BCUT2D eigenvalue weighted by Gasteiger charge is 2.14. The lowest BCUT2D eigenvalue weighted by Crippen LogP contribution is -2.37. The number of hydrogen-bond donors (Lipinski definition) is 2. The normalized spacial score (nSPS) is 19.3. The average molecular weight is 234 g/mol. The van der Waals surface area contributed by atoms with Crippen LogP contribution < -0.4 is 10.0 Å². The molecule has 0 aromatic carbocycles. The summed E-state index contributed by atoms with van der Waals surface area (Å²) in [5, 5.41) is 3.32. The Morgan fingerprint density at radius 2 is 1.87 bits per heavy atom. The predicted molar refractivity (Wildman–Crippen MR) is 62.3 cm³/mol. The zero-order valence-corrected chi connectivity index (χ0v) is 10.3. The third-order valence-corrected chi connectivity index (χ3v) is 4.24. The quantitative estimate of drug-likeness (QED) is 0.716. The first-order valence-corrected chi connectivity index (χ1v) is 7.50. The minimum atomic E-state index is -3.04. The average Bonchev–Trinajstić information content (AvgIpc) is 2.19. The van der Waals surface area contributed by atoms with E-state index in [0.29, 0.717) is 19.1 Å². The molecule has 0 unspecified atom stereocenters. The molecule has 0 amide bonds. The van der Waals surface area contributed by atoms with Crippen molar-refractivity contribution in [2.75, 3.05) is 18.8 Å². The summed E-state index contributed by atoms with van der Waals surface area (Å²) in [6, 6.07) is 0.538. The van der Waals surface area contributed by atoms with Crippen molar-refractivity contribution in [2.24, 2.45) is 0 Å². The van der Waals surface area contributed by atoms with Gasteiger partial charge < -0.3 is 5.32 Å². The zero-order valence-electron chi connectivity index (χ0n) is 9.46. The van der Waals surface area contributed by atoms with E-state index >= 15 is 0 Å². The first-order valence-electron chi connectivity index (χ1n) is 5.85. The molecule has 0 aliphatic heterocycles. The van der Waals surface area contributed by atoms with Crippen LogP contribution in [0.4, 0.5) is 0 Å². The fraction of sp³-hybridized carbons (Fsp3) is 1.00. The molecule has 0 spiro atoms. The Kier molecular flexibility index (Phi) is 5.56. The minimum Gasteiger partial charge on any atom is -0.313 e. The van der Waals surface area contributed by atoms with Crippen molar-refractivity contribution >= 4 is 10.0 Å². The van der Waals surface area contributed by atoms with Gasteiger partial charge in [-0.2, -0.15) is 0 Å². The molecule has 5 heteroatoms. The van der Waals surface area contributed by atoms with Gasteiger partial charge in [0.15, 0.2) is 0 Å². The largest absolute Gasteiger partial charge is 0.313 e. The van der Waals surface area contributed by atoms with E-state index < -0.39 is 10.0 Å². The Morgan fingerprint density at radius 1 is 1.20 bits per heavy atom. The standard InChI is InChI=1S/C10H22N2O2S/c1-2-12-15(13,14)9-8-11-10-6-4-3-5-7-10/h10-12H,2-9H2,1H3. The third-order valence-electron chi connectivity index (χ3n) is 2.77. The molecule has 15 heavy (non-hydrogen) atoms. The fourth-order valence-corrected chi connectivity index (χ4v) is 2.97. The van der Waals surface area contributed by atoms with Crippen LogP contribution in [0.3, 0.4) is 0 Å². The van der Waals surface area contributed by atoms with Crippen LogP contribution in [0, 0.1) is 0 Å². The molecule has 0 atom stereocenters. The van der Waals surface area contributed by atoms with Gasteiger partial charge in [0.1, 0.15) is 0 Å². The van der Waals surface area contributed by atoms with Gasteiger partial charge in [0.2, 0.25) is 10.0 Å². The van der Waals surface area contributed by atoms with Crippen molar-refractivity contribution in [1.29, 1.82) is 0 Å². The monoisotopic (exact) mass is 234 g/mol. The van der Waals surface area contributed by atoms with Gasteiger partial charge in [-0.05, 0) is 12.8 Å². The molecular formula is C10H22N2O2S. The molecule has 1 saturated carbocycles. The molecule has 1 rings (SSSR count). The van der Waals surface area contributed by atoms with Crippen LogP contribution in [0.15, 0.2) is 0 Å². The summed E-state index contributed by atoms with van der Waals surface area (Å²) in [6.45, 7) is 2.85. The Bertz CT molecular complexity index is 259. The molecule has 2 N–H and O–H groups in total. The Balaban J connectivity index is 2.14. The summed E-state index contributed by atoms with van der Waals surface area (Å²) >= 11 is 0. The van der Waals surface area contributed by atoms with Crippen LogP contribution >= 0.6 is 0 Å². The Hall–Kier alpha value is -0.130. The summed E-state index contributed by atoms with van der Waals surface area (Å²) in [5.41, 5.74) is 0. The molecule has 0 radical (unpaired) electrons. The van der Waals surface area contributed by atoms with Gasteiger partial charge in [0, 0.05) is 19.1 Å². The highest BCUT2D eigenvalue weighted by Crippen LogP contribution is 2.16. The van der Waals surface area contributed by atoms with E-state index in [0.717, 1.165) is 0 Å². The number of sulfonamides is 1. The van der Waals surface area contributed by atoms with Crippen molar-refractivity contribution < 1.29 is 8.42 Å². The molecule has 0 bridgehead atoms. The molecule has 1 aliphatic rings. The smallest absolute Gasteiger partial charge is 0.212 e. The number of nitrogens with one attached hydrogen (secondary N) is 2. The molecule has 1 aliphatic carbocycles. The second-order valence-electron chi connectivity index (χ2n) is 4.11. The molecule has 0 saturated heterocycles. The predicted octanol–water partition coefficient (Wildman–Crippen LogP) is 0.848. The Labute approximate surface area is 92.9 Å². The summed E-state index contributed by atoms with van der Waals surface area (Å²) in [5.74, 6) is 0.192. The van der Waals surface area contributed by atoms with Crippen LogP contribution in [0.1, 0.15) is 39.0 Å². The molecule has 0 heterocycles. The van der Waals surface area contributed by atoms with Crippen LogP contribution in [-0.2, 0) is 10.0 Å². The molecule has 0 aromatic rings. The van der Waals surface area contributed by atoms with Gasteiger partial charge >= 0.3 is 0 Å². The number of rotatable bonds is 6.